The number of halogens is 3. The van der Waals surface area contributed by atoms with Crippen LogP contribution in [0.4, 0.5) is 13.2 Å². The predicted octanol–water partition coefficient (Wildman–Crippen LogP) is 3.55. The van der Waals surface area contributed by atoms with Gasteiger partial charge in [-0.15, -0.1) is 0 Å². The van der Waals surface area contributed by atoms with Crippen LogP contribution >= 0.6 is 0 Å². The first-order valence-corrected chi connectivity index (χ1v) is 8.10. The minimum absolute atomic E-state index is 0.122. The van der Waals surface area contributed by atoms with E-state index >= 15 is 0 Å². The fourth-order valence-corrected chi connectivity index (χ4v) is 3.30. The maximum Gasteiger partial charge on any atom is 0.501 e. The molecule has 0 radical (unpaired) electrons. The van der Waals surface area contributed by atoms with Crippen molar-refractivity contribution in [2.45, 2.75) is 16.5 Å². The van der Waals surface area contributed by atoms with E-state index in [1.807, 2.05) is 0 Å². The van der Waals surface area contributed by atoms with Crippen LogP contribution in [0.2, 0.25) is 0 Å². The Kier molecular flexibility index (Phi) is 3.57. The van der Waals surface area contributed by atoms with Gasteiger partial charge in [0, 0.05) is 0 Å². The highest BCUT2D eigenvalue weighted by molar-refractivity contribution is 7.92. The molecule has 0 saturated heterocycles. The molecule has 0 aliphatic heterocycles. The van der Waals surface area contributed by atoms with E-state index < -0.39 is 26.3 Å². The molecule has 1 atom stereocenters. The lowest BCUT2D eigenvalue weighted by molar-refractivity contribution is -0.0436. The van der Waals surface area contributed by atoms with Gasteiger partial charge < -0.3 is 5.11 Å². The van der Waals surface area contributed by atoms with E-state index in [4.69, 9.17) is 0 Å². The number of benzene rings is 2. The molecule has 120 valence electrons. The minimum Gasteiger partial charge on any atom is -0.384 e. The molecule has 0 amide bonds. The number of hydrogen-bond donors (Lipinski definition) is 1. The van der Waals surface area contributed by atoms with Gasteiger partial charge in [-0.25, -0.2) is 8.42 Å². The van der Waals surface area contributed by atoms with Crippen LogP contribution in [0, 0.1) is 0 Å². The molecule has 1 aliphatic rings. The molecule has 0 spiro atoms. The van der Waals surface area contributed by atoms with Gasteiger partial charge in [0.05, 0.1) is 4.90 Å². The Morgan fingerprint density at radius 1 is 0.913 bits per heavy atom. The molecule has 0 fully saturated rings. The molecule has 0 bridgehead atoms. The van der Waals surface area contributed by atoms with Gasteiger partial charge in [0.1, 0.15) is 6.10 Å². The maximum atomic E-state index is 12.7. The third-order valence-electron chi connectivity index (χ3n) is 3.70. The molecule has 7 heteroatoms. The SMILES string of the molecule is O=S(=O)(c1ccc2c(c1)C(O)c1ccccc1C=C2)C(F)(F)F. The average molecular weight is 340 g/mol. The van der Waals surface area contributed by atoms with Gasteiger partial charge in [-0.05, 0) is 34.4 Å². The van der Waals surface area contributed by atoms with E-state index in [0.29, 0.717) is 11.1 Å². The highest BCUT2D eigenvalue weighted by Crippen LogP contribution is 2.36. The largest absolute Gasteiger partial charge is 0.501 e. The summed E-state index contributed by atoms with van der Waals surface area (Å²) >= 11 is 0. The zero-order valence-electron chi connectivity index (χ0n) is 11.6. The Morgan fingerprint density at radius 2 is 1.52 bits per heavy atom. The maximum absolute atomic E-state index is 12.7. The van der Waals surface area contributed by atoms with Gasteiger partial charge in [0.2, 0.25) is 0 Å². The standard InChI is InChI=1S/C16H11F3O3S/c17-16(18,19)23(21,22)12-8-7-11-6-5-10-3-1-2-4-13(10)15(20)14(11)9-12/h1-9,15,20H. The van der Waals surface area contributed by atoms with Gasteiger partial charge in [0.25, 0.3) is 9.84 Å². The fraction of sp³-hybridized carbons (Fsp3) is 0.125. The third kappa shape index (κ3) is 2.55. The number of sulfone groups is 1. The Morgan fingerprint density at radius 3 is 2.17 bits per heavy atom. The first-order chi connectivity index (χ1) is 10.7. The van der Waals surface area contributed by atoms with Crippen LogP contribution in [0.25, 0.3) is 12.2 Å². The highest BCUT2D eigenvalue weighted by atomic mass is 32.2. The fourth-order valence-electron chi connectivity index (χ4n) is 2.50. The van der Waals surface area contributed by atoms with Crippen LogP contribution in [-0.4, -0.2) is 19.0 Å². The summed E-state index contributed by atoms with van der Waals surface area (Å²) < 4.78 is 61.2. The molecule has 1 N–H and O–H groups in total. The van der Waals surface area contributed by atoms with Crippen LogP contribution in [-0.2, 0) is 9.84 Å². The van der Waals surface area contributed by atoms with Crippen molar-refractivity contribution >= 4 is 22.0 Å². The Balaban J connectivity index is 2.19. The summed E-state index contributed by atoms with van der Waals surface area (Å²) in [7, 11) is -5.46. The van der Waals surface area contributed by atoms with Crippen molar-refractivity contribution in [1.82, 2.24) is 0 Å². The molecular weight excluding hydrogens is 329 g/mol. The molecule has 2 aromatic rings. The number of rotatable bonds is 1. The second-order valence-electron chi connectivity index (χ2n) is 5.10. The molecular formula is C16H11F3O3S. The lowest BCUT2D eigenvalue weighted by Crippen LogP contribution is -2.23. The van der Waals surface area contributed by atoms with Crippen LogP contribution in [0.5, 0.6) is 0 Å². The zero-order chi connectivity index (χ0) is 16.8. The molecule has 0 aromatic heterocycles. The molecule has 0 saturated carbocycles. The van der Waals surface area contributed by atoms with Crippen molar-refractivity contribution in [2.24, 2.45) is 0 Å². The molecule has 0 heterocycles. The monoisotopic (exact) mass is 340 g/mol. The normalized spacial score (nSPS) is 17.3. The smallest absolute Gasteiger partial charge is 0.384 e. The summed E-state index contributed by atoms with van der Waals surface area (Å²) in [5.74, 6) is 0. The summed E-state index contributed by atoms with van der Waals surface area (Å²) in [6.45, 7) is 0. The quantitative estimate of drug-likeness (QED) is 0.864. The van der Waals surface area contributed by atoms with Gasteiger partial charge >= 0.3 is 5.51 Å². The zero-order valence-corrected chi connectivity index (χ0v) is 12.4. The van der Waals surface area contributed by atoms with Crippen molar-refractivity contribution < 1.29 is 26.7 Å². The Labute approximate surface area is 130 Å². The highest BCUT2D eigenvalue weighted by Gasteiger charge is 2.47. The molecule has 2 aromatic carbocycles. The summed E-state index contributed by atoms with van der Waals surface area (Å²) in [5, 5.41) is 10.5. The first-order valence-electron chi connectivity index (χ1n) is 6.62. The average Bonchev–Trinajstić information content (AvgIpc) is 2.64. The van der Waals surface area contributed by atoms with Crippen LogP contribution in [0.1, 0.15) is 28.4 Å². The second kappa shape index (κ2) is 5.21. The molecule has 1 aliphatic carbocycles. The number of aliphatic hydroxyl groups is 1. The van der Waals surface area contributed by atoms with Crippen molar-refractivity contribution in [3.05, 3.63) is 64.7 Å². The number of fused-ring (bicyclic) bond motifs is 2. The van der Waals surface area contributed by atoms with Crippen molar-refractivity contribution in [2.75, 3.05) is 0 Å². The second-order valence-corrected chi connectivity index (χ2v) is 7.05. The number of aliphatic hydroxyl groups excluding tert-OH is 1. The van der Waals surface area contributed by atoms with Crippen LogP contribution < -0.4 is 0 Å². The lowest BCUT2D eigenvalue weighted by atomic mass is 9.97. The van der Waals surface area contributed by atoms with Gasteiger partial charge in [-0.1, -0.05) is 42.5 Å². The summed E-state index contributed by atoms with van der Waals surface area (Å²) in [6, 6.07) is 9.91. The van der Waals surface area contributed by atoms with Crippen molar-refractivity contribution in [3.8, 4) is 0 Å². The summed E-state index contributed by atoms with van der Waals surface area (Å²) in [4.78, 5) is -0.879. The number of hydrogen-bond acceptors (Lipinski definition) is 3. The third-order valence-corrected chi connectivity index (χ3v) is 5.18. The first kappa shape index (κ1) is 15.8. The summed E-state index contributed by atoms with van der Waals surface area (Å²) in [5.41, 5.74) is -3.57. The van der Waals surface area contributed by atoms with E-state index in [9.17, 15) is 26.7 Å². The lowest BCUT2D eigenvalue weighted by Gasteiger charge is -2.16. The van der Waals surface area contributed by atoms with Crippen molar-refractivity contribution in [3.63, 3.8) is 0 Å². The molecule has 1 unspecified atom stereocenters. The van der Waals surface area contributed by atoms with E-state index in [1.165, 1.54) is 6.07 Å². The molecule has 3 nitrogen and oxygen atoms in total. The van der Waals surface area contributed by atoms with Gasteiger partial charge in [-0.2, -0.15) is 13.2 Å². The van der Waals surface area contributed by atoms with E-state index in [-0.39, 0.29) is 5.56 Å². The van der Waals surface area contributed by atoms with Gasteiger partial charge in [-0.3, -0.25) is 0 Å². The van der Waals surface area contributed by atoms with Gasteiger partial charge in [0.15, 0.2) is 0 Å². The topological polar surface area (TPSA) is 54.4 Å². The van der Waals surface area contributed by atoms with Crippen molar-refractivity contribution in [1.29, 1.82) is 0 Å². The summed E-state index contributed by atoms with van der Waals surface area (Å²) in [6.07, 6.45) is 2.15. The van der Waals surface area contributed by atoms with E-state index in [2.05, 4.69) is 0 Å². The van der Waals surface area contributed by atoms with Crippen LogP contribution in [0.15, 0.2) is 47.4 Å². The predicted molar refractivity (Wildman–Crippen MR) is 79.1 cm³/mol. The minimum atomic E-state index is -5.46. The van der Waals surface area contributed by atoms with E-state index in [1.54, 1.807) is 36.4 Å². The van der Waals surface area contributed by atoms with Crippen LogP contribution in [0.3, 0.4) is 0 Å². The Bertz CT molecular complexity index is 899. The Hall–Kier alpha value is -2.12. The molecule has 3 rings (SSSR count). The van der Waals surface area contributed by atoms with E-state index in [0.717, 1.165) is 17.7 Å². The molecule has 23 heavy (non-hydrogen) atoms. The number of alkyl halides is 3.